The molecule has 0 saturated heterocycles. The highest BCUT2D eigenvalue weighted by Gasteiger charge is 2.16. The third-order valence-corrected chi connectivity index (χ3v) is 5.37. The standard InChI is InChI=1S/C18H23N3OS/c1-11(2)18-20-15(10-23-18)9-19-12(3)13-4-6-16-14(8-13)5-7-17(22)21-16/h4,6,8,10-12,19H,5,7,9H2,1-3H3,(H,21,22). The molecule has 0 bridgehead atoms. The normalized spacial score (nSPS) is 15.4. The van der Waals surface area contributed by atoms with Gasteiger partial charge in [-0.1, -0.05) is 26.0 Å². The first-order valence-corrected chi connectivity index (χ1v) is 9.01. The molecule has 2 N–H and O–H groups in total. The first-order valence-electron chi connectivity index (χ1n) is 8.13. The van der Waals surface area contributed by atoms with Crippen molar-refractivity contribution in [2.45, 2.75) is 52.1 Å². The number of nitrogens with one attached hydrogen (secondary N) is 2. The number of aromatic nitrogens is 1. The average Bonchev–Trinajstić information content (AvgIpc) is 3.01. The minimum atomic E-state index is 0.112. The Hall–Kier alpha value is -1.72. The fourth-order valence-electron chi connectivity index (χ4n) is 2.72. The summed E-state index contributed by atoms with van der Waals surface area (Å²) in [6.45, 7) is 7.28. The van der Waals surface area contributed by atoms with Crippen molar-refractivity contribution in [2.24, 2.45) is 0 Å². The third-order valence-electron chi connectivity index (χ3n) is 4.18. The molecule has 1 aliphatic heterocycles. The van der Waals surface area contributed by atoms with Gasteiger partial charge in [0.1, 0.15) is 0 Å². The maximum Gasteiger partial charge on any atom is 0.224 e. The van der Waals surface area contributed by atoms with E-state index in [2.05, 4.69) is 53.9 Å². The maximum absolute atomic E-state index is 11.4. The zero-order valence-electron chi connectivity index (χ0n) is 13.8. The monoisotopic (exact) mass is 329 g/mol. The Bertz CT molecular complexity index is 708. The summed E-state index contributed by atoms with van der Waals surface area (Å²) in [7, 11) is 0. The Morgan fingerprint density at radius 3 is 2.87 bits per heavy atom. The summed E-state index contributed by atoms with van der Waals surface area (Å²) >= 11 is 1.73. The predicted molar refractivity (Wildman–Crippen MR) is 94.9 cm³/mol. The number of rotatable bonds is 5. The lowest BCUT2D eigenvalue weighted by atomic mass is 9.98. The lowest BCUT2D eigenvalue weighted by Gasteiger charge is -2.20. The molecule has 0 fully saturated rings. The van der Waals surface area contributed by atoms with Crippen LogP contribution in [-0.4, -0.2) is 10.9 Å². The zero-order chi connectivity index (χ0) is 16.4. The van der Waals surface area contributed by atoms with E-state index in [1.165, 1.54) is 16.1 Å². The van der Waals surface area contributed by atoms with Gasteiger partial charge in [0.25, 0.3) is 0 Å². The van der Waals surface area contributed by atoms with Crippen LogP contribution in [0.1, 0.15) is 61.0 Å². The van der Waals surface area contributed by atoms with Gasteiger partial charge in [0, 0.05) is 36.0 Å². The number of thiazole rings is 1. The Balaban J connectivity index is 1.63. The number of hydrogen-bond acceptors (Lipinski definition) is 4. The van der Waals surface area contributed by atoms with Gasteiger partial charge in [-0.3, -0.25) is 4.79 Å². The van der Waals surface area contributed by atoms with Crippen molar-refractivity contribution in [1.82, 2.24) is 10.3 Å². The summed E-state index contributed by atoms with van der Waals surface area (Å²) in [6.07, 6.45) is 1.40. The minimum absolute atomic E-state index is 0.112. The van der Waals surface area contributed by atoms with Crippen molar-refractivity contribution in [3.63, 3.8) is 0 Å². The molecule has 1 unspecified atom stereocenters. The van der Waals surface area contributed by atoms with E-state index >= 15 is 0 Å². The van der Waals surface area contributed by atoms with E-state index in [1.807, 2.05) is 6.07 Å². The van der Waals surface area contributed by atoms with Crippen molar-refractivity contribution in [3.8, 4) is 0 Å². The summed E-state index contributed by atoms with van der Waals surface area (Å²) in [5.41, 5.74) is 4.54. The van der Waals surface area contributed by atoms with Gasteiger partial charge < -0.3 is 10.6 Å². The van der Waals surface area contributed by atoms with Crippen molar-refractivity contribution in [3.05, 3.63) is 45.4 Å². The molecule has 1 aromatic heterocycles. The number of carbonyl (C=O) groups is 1. The number of amides is 1. The lowest BCUT2D eigenvalue weighted by molar-refractivity contribution is -0.116. The van der Waals surface area contributed by atoms with Crippen LogP contribution in [0.5, 0.6) is 0 Å². The van der Waals surface area contributed by atoms with Crippen molar-refractivity contribution in [2.75, 3.05) is 5.32 Å². The molecule has 1 aromatic carbocycles. The first-order chi connectivity index (χ1) is 11.0. The van der Waals surface area contributed by atoms with E-state index in [4.69, 9.17) is 0 Å². The number of anilines is 1. The topological polar surface area (TPSA) is 54.0 Å². The maximum atomic E-state index is 11.4. The Kier molecular flexibility index (Phi) is 4.78. The lowest BCUT2D eigenvalue weighted by Crippen LogP contribution is -2.21. The van der Waals surface area contributed by atoms with Crippen LogP contribution in [0, 0.1) is 0 Å². The smallest absolute Gasteiger partial charge is 0.224 e. The molecule has 3 rings (SSSR count). The van der Waals surface area contributed by atoms with Crippen molar-refractivity contribution in [1.29, 1.82) is 0 Å². The molecule has 1 aliphatic rings. The fraction of sp³-hybridized carbons (Fsp3) is 0.444. The second-order valence-electron chi connectivity index (χ2n) is 6.40. The van der Waals surface area contributed by atoms with Crippen LogP contribution in [0.25, 0.3) is 0 Å². The number of nitrogens with zero attached hydrogens (tertiary/aromatic N) is 1. The SMILES string of the molecule is CC(C)c1nc(CNC(C)c2ccc3c(c2)CCC(=O)N3)cs1. The van der Waals surface area contributed by atoms with Gasteiger partial charge in [-0.05, 0) is 30.5 Å². The largest absolute Gasteiger partial charge is 0.326 e. The van der Waals surface area contributed by atoms with Gasteiger partial charge >= 0.3 is 0 Å². The summed E-state index contributed by atoms with van der Waals surface area (Å²) < 4.78 is 0. The van der Waals surface area contributed by atoms with Gasteiger partial charge in [-0.15, -0.1) is 11.3 Å². The summed E-state index contributed by atoms with van der Waals surface area (Å²) in [4.78, 5) is 16.1. The highest BCUT2D eigenvalue weighted by molar-refractivity contribution is 7.09. The molecule has 2 heterocycles. The first kappa shape index (κ1) is 16.1. The Morgan fingerprint density at radius 2 is 2.13 bits per heavy atom. The molecule has 0 saturated carbocycles. The highest BCUT2D eigenvalue weighted by atomic mass is 32.1. The molecule has 1 atom stereocenters. The molecule has 4 nitrogen and oxygen atoms in total. The van der Waals surface area contributed by atoms with Crippen LogP contribution in [0.2, 0.25) is 0 Å². The number of benzene rings is 1. The van der Waals surface area contributed by atoms with Crippen LogP contribution in [0.4, 0.5) is 5.69 Å². The number of hydrogen-bond donors (Lipinski definition) is 2. The summed E-state index contributed by atoms with van der Waals surface area (Å²) in [6, 6.07) is 6.55. The summed E-state index contributed by atoms with van der Waals surface area (Å²) in [5, 5.41) is 9.80. The molecular weight excluding hydrogens is 306 g/mol. The van der Waals surface area contributed by atoms with E-state index in [0.717, 1.165) is 24.3 Å². The van der Waals surface area contributed by atoms with Crippen LogP contribution in [0.3, 0.4) is 0 Å². The second kappa shape index (κ2) is 6.81. The van der Waals surface area contributed by atoms with E-state index in [1.54, 1.807) is 11.3 Å². The van der Waals surface area contributed by atoms with Crippen molar-refractivity contribution < 1.29 is 4.79 Å². The fourth-order valence-corrected chi connectivity index (χ4v) is 3.55. The molecule has 122 valence electrons. The molecule has 2 aromatic rings. The predicted octanol–water partition coefficient (Wildman–Crippen LogP) is 4.00. The van der Waals surface area contributed by atoms with Gasteiger partial charge in [0.15, 0.2) is 0 Å². The van der Waals surface area contributed by atoms with Crippen LogP contribution in [-0.2, 0) is 17.8 Å². The van der Waals surface area contributed by atoms with Crippen LogP contribution in [0.15, 0.2) is 23.6 Å². The summed E-state index contributed by atoms with van der Waals surface area (Å²) in [5.74, 6) is 0.600. The second-order valence-corrected chi connectivity index (χ2v) is 7.29. The highest BCUT2D eigenvalue weighted by Crippen LogP contribution is 2.26. The van der Waals surface area contributed by atoms with Gasteiger partial charge in [-0.2, -0.15) is 0 Å². The third kappa shape index (κ3) is 3.79. The van der Waals surface area contributed by atoms with Gasteiger partial charge in [-0.25, -0.2) is 4.98 Å². The molecule has 0 spiro atoms. The van der Waals surface area contributed by atoms with E-state index in [-0.39, 0.29) is 11.9 Å². The number of carbonyl (C=O) groups excluding carboxylic acids is 1. The zero-order valence-corrected chi connectivity index (χ0v) is 14.7. The van der Waals surface area contributed by atoms with Crippen LogP contribution < -0.4 is 10.6 Å². The Morgan fingerprint density at radius 1 is 1.30 bits per heavy atom. The molecule has 5 heteroatoms. The number of fused-ring (bicyclic) bond motifs is 1. The Labute approximate surface area is 141 Å². The molecule has 1 amide bonds. The van der Waals surface area contributed by atoms with E-state index < -0.39 is 0 Å². The quantitative estimate of drug-likeness (QED) is 0.871. The molecule has 0 radical (unpaired) electrons. The average molecular weight is 329 g/mol. The number of aryl methyl sites for hydroxylation is 1. The molecular formula is C18H23N3OS. The minimum Gasteiger partial charge on any atom is -0.326 e. The van der Waals surface area contributed by atoms with Crippen LogP contribution >= 0.6 is 11.3 Å². The van der Waals surface area contributed by atoms with E-state index in [9.17, 15) is 4.79 Å². The van der Waals surface area contributed by atoms with E-state index in [0.29, 0.717) is 12.3 Å². The van der Waals surface area contributed by atoms with Crippen molar-refractivity contribution >= 4 is 22.9 Å². The van der Waals surface area contributed by atoms with Gasteiger partial charge in [0.05, 0.1) is 10.7 Å². The van der Waals surface area contributed by atoms with Gasteiger partial charge in [0.2, 0.25) is 5.91 Å². The molecule has 23 heavy (non-hydrogen) atoms. The molecule has 0 aliphatic carbocycles.